The summed E-state index contributed by atoms with van der Waals surface area (Å²) in [6.45, 7) is 18.7. The Morgan fingerprint density at radius 1 is 0.402 bits per heavy atom. The maximum Gasteiger partial charge on any atom is 0.250 e. The normalized spacial score (nSPS) is 14.7. The summed E-state index contributed by atoms with van der Waals surface area (Å²) >= 11 is 0. The van der Waals surface area contributed by atoms with E-state index in [9.17, 15) is 11.8 Å². The number of rotatable bonds is 4. The molecule has 6 heterocycles. The second-order valence-corrected chi connectivity index (χ2v) is 23.4. The van der Waals surface area contributed by atoms with Crippen LogP contribution >= 0.6 is 0 Å². The number of aromatic nitrogens is 2. The van der Waals surface area contributed by atoms with Crippen LogP contribution in [0.15, 0.2) is 231 Å². The van der Waals surface area contributed by atoms with Crippen molar-refractivity contribution < 1.29 is 0 Å². The van der Waals surface area contributed by atoms with E-state index in [2.05, 4.69) is 282 Å². The molecule has 17 rings (SSSR count). The Hall–Kier alpha value is -10.5. The van der Waals surface area contributed by atoms with Crippen LogP contribution in [0.1, 0.15) is 55.5 Å². The fourth-order valence-corrected chi connectivity index (χ4v) is 15.2. The smallest absolute Gasteiger partial charge is 0.250 e. The van der Waals surface area contributed by atoms with Gasteiger partial charge in [0.25, 0.3) is 6.71 Å². The van der Waals surface area contributed by atoms with Gasteiger partial charge in [0.1, 0.15) is 6.07 Å². The molecule has 0 bridgehead atoms. The van der Waals surface area contributed by atoms with Gasteiger partial charge < -0.3 is 23.8 Å². The highest BCUT2D eigenvalue weighted by Crippen LogP contribution is 2.56. The molecule has 4 aliphatic rings. The molecule has 0 N–H and O–H groups in total. The van der Waals surface area contributed by atoms with Crippen LogP contribution in [0.3, 0.4) is 0 Å². The zero-order chi connectivity index (χ0) is 54.9. The molecule has 7 nitrogen and oxygen atoms in total. The summed E-state index contributed by atoms with van der Waals surface area (Å²) in [7, 11) is 0. The molecule has 0 atom stereocenters. The maximum absolute atomic E-state index is 12.4. The molecule has 0 radical (unpaired) electrons. The largest absolute Gasteiger partial charge is 0.320 e. The fourth-order valence-electron chi connectivity index (χ4n) is 15.2. The lowest BCUT2D eigenvalue weighted by Crippen LogP contribution is -2.60. The Labute approximate surface area is 475 Å². The van der Waals surface area contributed by atoms with Crippen molar-refractivity contribution in [3.05, 3.63) is 270 Å². The van der Waals surface area contributed by atoms with Gasteiger partial charge in [0, 0.05) is 60.6 Å². The van der Waals surface area contributed by atoms with E-state index in [1.54, 1.807) is 0 Å². The number of nitrogens with zero attached hydrogens (tertiary/aromatic N) is 7. The lowest BCUT2D eigenvalue weighted by molar-refractivity contribution is 0.632. The quantitative estimate of drug-likeness (QED) is 0.130. The van der Waals surface area contributed by atoms with Crippen LogP contribution in [0.4, 0.5) is 56.9 Å². The van der Waals surface area contributed by atoms with E-state index in [4.69, 9.17) is 4.85 Å². The number of hydrogen-bond donors (Lipinski definition) is 0. The Morgan fingerprint density at radius 2 is 0.866 bits per heavy atom. The maximum atomic E-state index is 12.4. The molecular weight excluding hydrogens is 998 g/mol. The topological polar surface area (TPSA) is 47.7 Å². The summed E-state index contributed by atoms with van der Waals surface area (Å²) in [6, 6.07) is 86.0. The van der Waals surface area contributed by atoms with Gasteiger partial charge in [-0.05, 0) is 124 Å². The molecule has 384 valence electrons. The molecule has 0 unspecified atom stereocenters. The van der Waals surface area contributed by atoms with Gasteiger partial charge in [-0.2, -0.15) is 5.26 Å². The standard InChI is InChI=1S/C74H50BN7/c1-73(2)53-26-10-16-33-62(53)78(63-34-17-11-27-54(63)73)46-38-40-60-50(42-46)51-43-47(79-64-35-18-12-28-55(64)74(3,4)56-29-13-19-36-65(56)79)39-41-61(51)81(60)71-52(44-76)70-67-72(68(71)77-5)82-59-32-15-9-24-48(59)49-25-21-31-58(69(49)82)75(67)57-30-14-20-37-66(57)80(70)45-22-7-6-8-23-45/h6-43H,1-4H3. The summed E-state index contributed by atoms with van der Waals surface area (Å²) in [5.74, 6) is 0. The van der Waals surface area contributed by atoms with Gasteiger partial charge in [-0.15, -0.1) is 0 Å². The Bertz CT molecular complexity index is 4800. The summed E-state index contributed by atoms with van der Waals surface area (Å²) in [6.07, 6.45) is 0. The van der Waals surface area contributed by atoms with Crippen molar-refractivity contribution in [3.63, 3.8) is 0 Å². The zero-order valence-electron chi connectivity index (χ0n) is 45.6. The lowest BCUT2D eigenvalue weighted by atomic mass is 9.33. The zero-order valence-corrected chi connectivity index (χ0v) is 45.6. The summed E-state index contributed by atoms with van der Waals surface area (Å²) in [5.41, 5.74) is 23.2. The van der Waals surface area contributed by atoms with E-state index in [0.29, 0.717) is 16.9 Å². The van der Waals surface area contributed by atoms with E-state index in [0.717, 1.165) is 117 Å². The van der Waals surface area contributed by atoms with Gasteiger partial charge in [0.05, 0.1) is 68.5 Å². The predicted molar refractivity (Wildman–Crippen MR) is 339 cm³/mol. The number of benzene rings is 11. The van der Waals surface area contributed by atoms with Crippen molar-refractivity contribution >= 4 is 124 Å². The second kappa shape index (κ2) is 16.5. The SMILES string of the molecule is [C-]#[N+]c1c(-n2c3ccc(N4c5ccccc5C(C)(C)c5ccccc54)cc3c3cc(N4c5ccccc5C(C)(C)c5ccccc54)ccc32)c(C#N)c2c3c1-n1c4ccccc4c4cccc(c41)B3c1ccccc1N2c1ccccc1. The van der Waals surface area contributed by atoms with Crippen LogP contribution in [0.2, 0.25) is 0 Å². The molecule has 0 saturated carbocycles. The third-order valence-electron chi connectivity index (χ3n) is 18.7. The summed E-state index contributed by atoms with van der Waals surface area (Å²) < 4.78 is 4.61. The van der Waals surface area contributed by atoms with Gasteiger partial charge in [-0.1, -0.05) is 173 Å². The molecule has 0 amide bonds. The molecule has 4 aliphatic heterocycles. The Balaban J connectivity index is 1.03. The van der Waals surface area contributed by atoms with Crippen LogP contribution in [-0.4, -0.2) is 15.8 Å². The van der Waals surface area contributed by atoms with Gasteiger partial charge in [-0.25, -0.2) is 4.85 Å². The number of fused-ring (bicyclic) bond motifs is 14. The molecule has 0 aliphatic carbocycles. The Kier molecular flexibility index (Phi) is 9.34. The molecule has 0 fully saturated rings. The number of hydrogen-bond acceptors (Lipinski definition) is 4. The van der Waals surface area contributed by atoms with E-state index in [-0.39, 0.29) is 17.5 Å². The predicted octanol–water partition coefficient (Wildman–Crippen LogP) is 17.1. The molecule has 8 heteroatoms. The number of para-hydroxylation sites is 8. The van der Waals surface area contributed by atoms with Crippen LogP contribution in [0, 0.1) is 17.9 Å². The van der Waals surface area contributed by atoms with Crippen LogP contribution in [0.25, 0.3) is 59.8 Å². The first-order chi connectivity index (χ1) is 40.2. The average Bonchev–Trinajstić information content (AvgIpc) is 1.84. The van der Waals surface area contributed by atoms with E-state index in [1.165, 1.54) is 22.3 Å². The minimum atomic E-state index is -0.271. The monoisotopic (exact) mass is 1050 g/mol. The fraction of sp³-hybridized carbons (Fsp3) is 0.0811. The van der Waals surface area contributed by atoms with Crippen molar-refractivity contribution in [2.45, 2.75) is 38.5 Å². The first kappa shape index (κ1) is 46.4. The van der Waals surface area contributed by atoms with Crippen LogP contribution in [-0.2, 0) is 10.8 Å². The first-order valence-corrected chi connectivity index (χ1v) is 28.2. The molecule has 0 spiro atoms. The highest BCUT2D eigenvalue weighted by molar-refractivity contribution is 7.00. The molecule has 2 aromatic heterocycles. The number of anilines is 9. The first-order valence-electron chi connectivity index (χ1n) is 28.2. The minimum absolute atomic E-state index is 0.241. The molecule has 11 aromatic carbocycles. The van der Waals surface area contributed by atoms with Crippen molar-refractivity contribution in [2.75, 3.05) is 14.7 Å². The minimum Gasteiger partial charge on any atom is -0.320 e. The molecule has 82 heavy (non-hydrogen) atoms. The van der Waals surface area contributed by atoms with Gasteiger partial charge in [-0.3, -0.25) is 0 Å². The second-order valence-electron chi connectivity index (χ2n) is 23.4. The average molecular weight is 1050 g/mol. The van der Waals surface area contributed by atoms with Gasteiger partial charge in [0.15, 0.2) is 0 Å². The van der Waals surface area contributed by atoms with Crippen molar-refractivity contribution in [1.82, 2.24) is 9.13 Å². The van der Waals surface area contributed by atoms with Crippen LogP contribution < -0.4 is 31.1 Å². The number of nitriles is 1. The van der Waals surface area contributed by atoms with Crippen molar-refractivity contribution in [2.24, 2.45) is 0 Å². The van der Waals surface area contributed by atoms with Gasteiger partial charge >= 0.3 is 0 Å². The molecule has 0 saturated heterocycles. The highest BCUT2D eigenvalue weighted by atomic mass is 15.2. The molecular formula is C74H50BN7. The van der Waals surface area contributed by atoms with Gasteiger partial charge in [0.2, 0.25) is 5.69 Å². The van der Waals surface area contributed by atoms with E-state index in [1.807, 2.05) is 6.07 Å². The lowest BCUT2D eigenvalue weighted by Gasteiger charge is -2.42. The summed E-state index contributed by atoms with van der Waals surface area (Å²) in [4.78, 5) is 11.9. The highest BCUT2D eigenvalue weighted by Gasteiger charge is 2.46. The molecule has 13 aromatic rings. The van der Waals surface area contributed by atoms with Crippen molar-refractivity contribution in [3.8, 4) is 17.4 Å². The van der Waals surface area contributed by atoms with Crippen LogP contribution in [0.5, 0.6) is 0 Å². The van der Waals surface area contributed by atoms with E-state index < -0.39 is 0 Å². The van der Waals surface area contributed by atoms with E-state index >= 15 is 0 Å². The summed E-state index contributed by atoms with van der Waals surface area (Å²) in [5, 5.41) is 16.6. The third-order valence-corrected chi connectivity index (χ3v) is 18.7. The Morgan fingerprint density at radius 3 is 1.41 bits per heavy atom. The third kappa shape index (κ3) is 5.87. The van der Waals surface area contributed by atoms with Crippen molar-refractivity contribution in [1.29, 1.82) is 5.26 Å².